The summed E-state index contributed by atoms with van der Waals surface area (Å²) in [4.78, 5) is 4.38. The van der Waals surface area contributed by atoms with E-state index < -0.39 is 0 Å². The highest BCUT2D eigenvalue weighted by molar-refractivity contribution is 5.42. The second-order valence-corrected chi connectivity index (χ2v) is 4.28. The number of methoxy groups -OCH3 is 1. The molecule has 2 rings (SSSR count). The van der Waals surface area contributed by atoms with Crippen LogP contribution in [0.3, 0.4) is 0 Å². The van der Waals surface area contributed by atoms with Gasteiger partial charge in [0.2, 0.25) is 0 Å². The molecule has 0 saturated heterocycles. The van der Waals surface area contributed by atoms with E-state index in [1.807, 2.05) is 23.6 Å². The predicted molar refractivity (Wildman–Crippen MR) is 60.0 cm³/mol. The maximum absolute atomic E-state index is 5.45. The predicted octanol–water partition coefficient (Wildman–Crippen LogP) is 2.52. The van der Waals surface area contributed by atoms with Gasteiger partial charge in [0, 0.05) is 19.5 Å². The van der Waals surface area contributed by atoms with Crippen LogP contribution in [0.4, 0.5) is 0 Å². The summed E-state index contributed by atoms with van der Waals surface area (Å²) < 4.78 is 7.48. The Kier molecular flexibility index (Phi) is 2.27. The minimum absolute atomic E-state index is 0.258. The average Bonchev–Trinajstić information content (AvgIpc) is 2.56. The van der Waals surface area contributed by atoms with Crippen molar-refractivity contribution in [2.24, 2.45) is 0 Å². The first-order chi connectivity index (χ1) is 7.03. The Morgan fingerprint density at radius 1 is 1.27 bits per heavy atom. The molecule has 0 unspecified atom stereocenters. The van der Waals surface area contributed by atoms with Gasteiger partial charge in [-0.1, -0.05) is 6.07 Å². The van der Waals surface area contributed by atoms with E-state index in [9.17, 15) is 0 Å². The molecule has 0 aliphatic carbocycles. The standard InChI is InChI=1S/C12H16N2O/c1-9-7-14-8-10(12(2,3)15-4)5-6-11(14)13-9/h5-8H,1-4H3. The summed E-state index contributed by atoms with van der Waals surface area (Å²) in [5.41, 5.74) is 2.90. The van der Waals surface area contributed by atoms with Gasteiger partial charge in [-0.3, -0.25) is 0 Å². The second kappa shape index (κ2) is 3.35. The first kappa shape index (κ1) is 10.2. The Bertz CT molecular complexity index is 485. The molecule has 0 aromatic carbocycles. The summed E-state index contributed by atoms with van der Waals surface area (Å²) in [7, 11) is 1.73. The summed E-state index contributed by atoms with van der Waals surface area (Å²) in [6, 6.07) is 4.08. The van der Waals surface area contributed by atoms with Crippen LogP contribution in [-0.4, -0.2) is 16.5 Å². The molecule has 0 aliphatic heterocycles. The molecular formula is C12H16N2O. The molecule has 3 heteroatoms. The molecule has 80 valence electrons. The van der Waals surface area contributed by atoms with Gasteiger partial charge in [0.25, 0.3) is 0 Å². The molecule has 0 bridgehead atoms. The maximum Gasteiger partial charge on any atom is 0.136 e. The number of aryl methyl sites for hydroxylation is 1. The van der Waals surface area contributed by atoms with Crippen molar-refractivity contribution < 1.29 is 4.74 Å². The summed E-state index contributed by atoms with van der Waals surface area (Å²) in [6.45, 7) is 6.10. The van der Waals surface area contributed by atoms with Crippen LogP contribution in [0.25, 0.3) is 5.65 Å². The van der Waals surface area contributed by atoms with Crippen LogP contribution in [-0.2, 0) is 10.3 Å². The van der Waals surface area contributed by atoms with Crippen molar-refractivity contribution >= 4 is 5.65 Å². The fourth-order valence-electron chi connectivity index (χ4n) is 1.59. The fourth-order valence-corrected chi connectivity index (χ4v) is 1.59. The third-order valence-corrected chi connectivity index (χ3v) is 2.78. The van der Waals surface area contributed by atoms with Crippen molar-refractivity contribution in [3.05, 3.63) is 35.8 Å². The van der Waals surface area contributed by atoms with E-state index in [0.717, 1.165) is 16.9 Å². The largest absolute Gasteiger partial charge is 0.374 e. The Morgan fingerprint density at radius 2 is 2.00 bits per heavy atom. The molecule has 0 radical (unpaired) electrons. The van der Waals surface area contributed by atoms with Gasteiger partial charge in [-0.2, -0.15) is 0 Å². The fraction of sp³-hybridized carbons (Fsp3) is 0.417. The third kappa shape index (κ3) is 1.75. The zero-order chi connectivity index (χ0) is 11.1. The number of hydrogen-bond donors (Lipinski definition) is 0. The van der Waals surface area contributed by atoms with Crippen LogP contribution in [0.5, 0.6) is 0 Å². The van der Waals surface area contributed by atoms with Gasteiger partial charge < -0.3 is 9.14 Å². The van der Waals surface area contributed by atoms with Crippen molar-refractivity contribution in [1.29, 1.82) is 0 Å². The Hall–Kier alpha value is -1.35. The Labute approximate surface area is 89.7 Å². The molecule has 0 fully saturated rings. The quantitative estimate of drug-likeness (QED) is 0.751. The highest BCUT2D eigenvalue weighted by Crippen LogP contribution is 2.23. The van der Waals surface area contributed by atoms with Gasteiger partial charge in [-0.05, 0) is 32.4 Å². The van der Waals surface area contributed by atoms with Crippen molar-refractivity contribution in [3.8, 4) is 0 Å². The normalized spacial score (nSPS) is 12.3. The van der Waals surface area contributed by atoms with Crippen LogP contribution >= 0.6 is 0 Å². The van der Waals surface area contributed by atoms with E-state index >= 15 is 0 Å². The summed E-state index contributed by atoms with van der Waals surface area (Å²) in [6.07, 6.45) is 4.09. The van der Waals surface area contributed by atoms with Gasteiger partial charge in [0.1, 0.15) is 5.65 Å². The van der Waals surface area contributed by atoms with Crippen LogP contribution < -0.4 is 0 Å². The lowest BCUT2D eigenvalue weighted by Crippen LogP contribution is -2.19. The number of fused-ring (bicyclic) bond motifs is 1. The summed E-state index contributed by atoms with van der Waals surface area (Å²) in [5, 5.41) is 0. The van der Waals surface area contributed by atoms with Crippen LogP contribution in [0, 0.1) is 6.92 Å². The van der Waals surface area contributed by atoms with Crippen molar-refractivity contribution in [3.63, 3.8) is 0 Å². The molecule has 0 atom stereocenters. The summed E-state index contributed by atoms with van der Waals surface area (Å²) >= 11 is 0. The monoisotopic (exact) mass is 204 g/mol. The van der Waals surface area contributed by atoms with E-state index in [-0.39, 0.29) is 5.60 Å². The molecule has 0 aliphatic rings. The lowest BCUT2D eigenvalue weighted by atomic mass is 10.0. The number of aromatic nitrogens is 2. The van der Waals surface area contributed by atoms with E-state index in [1.54, 1.807) is 7.11 Å². The third-order valence-electron chi connectivity index (χ3n) is 2.78. The number of ether oxygens (including phenoxy) is 1. The first-order valence-electron chi connectivity index (χ1n) is 5.04. The number of nitrogens with zero attached hydrogens (tertiary/aromatic N) is 2. The minimum atomic E-state index is -0.258. The Morgan fingerprint density at radius 3 is 2.67 bits per heavy atom. The van der Waals surface area contributed by atoms with Crippen LogP contribution in [0.1, 0.15) is 25.1 Å². The highest BCUT2D eigenvalue weighted by Gasteiger charge is 2.19. The molecule has 0 spiro atoms. The average molecular weight is 204 g/mol. The van der Waals surface area contributed by atoms with Gasteiger partial charge in [-0.15, -0.1) is 0 Å². The molecule has 2 heterocycles. The molecule has 2 aromatic rings. The van der Waals surface area contributed by atoms with Gasteiger partial charge in [0.15, 0.2) is 0 Å². The van der Waals surface area contributed by atoms with E-state index in [1.165, 1.54) is 0 Å². The van der Waals surface area contributed by atoms with E-state index in [4.69, 9.17) is 4.74 Å². The number of pyridine rings is 1. The number of hydrogen-bond acceptors (Lipinski definition) is 2. The van der Waals surface area contributed by atoms with Crippen molar-refractivity contribution in [1.82, 2.24) is 9.38 Å². The smallest absolute Gasteiger partial charge is 0.136 e. The van der Waals surface area contributed by atoms with Crippen LogP contribution in [0.2, 0.25) is 0 Å². The molecule has 0 amide bonds. The maximum atomic E-state index is 5.45. The molecule has 3 nitrogen and oxygen atoms in total. The first-order valence-corrected chi connectivity index (χ1v) is 5.04. The minimum Gasteiger partial charge on any atom is -0.374 e. The SMILES string of the molecule is COC(C)(C)c1ccc2nc(C)cn2c1. The zero-order valence-corrected chi connectivity index (χ0v) is 9.61. The van der Waals surface area contributed by atoms with Gasteiger partial charge in [0.05, 0.1) is 11.3 Å². The second-order valence-electron chi connectivity index (χ2n) is 4.28. The summed E-state index contributed by atoms with van der Waals surface area (Å²) in [5.74, 6) is 0. The van der Waals surface area contributed by atoms with Gasteiger partial charge >= 0.3 is 0 Å². The van der Waals surface area contributed by atoms with E-state index in [0.29, 0.717) is 0 Å². The van der Waals surface area contributed by atoms with Crippen molar-refractivity contribution in [2.75, 3.05) is 7.11 Å². The van der Waals surface area contributed by atoms with E-state index in [2.05, 4.69) is 31.1 Å². The lowest BCUT2D eigenvalue weighted by molar-refractivity contribution is 0.0189. The lowest BCUT2D eigenvalue weighted by Gasteiger charge is -2.23. The topological polar surface area (TPSA) is 26.5 Å². The molecule has 0 N–H and O–H groups in total. The highest BCUT2D eigenvalue weighted by atomic mass is 16.5. The molecule has 2 aromatic heterocycles. The number of imidazole rings is 1. The molecule has 0 saturated carbocycles. The van der Waals surface area contributed by atoms with Crippen LogP contribution in [0.15, 0.2) is 24.5 Å². The molecule has 15 heavy (non-hydrogen) atoms. The van der Waals surface area contributed by atoms with Crippen molar-refractivity contribution in [2.45, 2.75) is 26.4 Å². The molecular weight excluding hydrogens is 188 g/mol. The van der Waals surface area contributed by atoms with Gasteiger partial charge in [-0.25, -0.2) is 4.98 Å². The Balaban J connectivity index is 2.55. The zero-order valence-electron chi connectivity index (χ0n) is 9.61. The number of rotatable bonds is 2.